The summed E-state index contributed by atoms with van der Waals surface area (Å²) in [7, 11) is -2.02. The Balaban J connectivity index is 2.23. The minimum atomic E-state index is -3.55. The van der Waals surface area contributed by atoms with Crippen LogP contribution < -0.4 is 0 Å². The normalized spacial score (nSPS) is 11.8. The number of benzene rings is 2. The predicted octanol–water partition coefficient (Wildman–Crippen LogP) is 3.81. The molecule has 6 heteroatoms. The summed E-state index contributed by atoms with van der Waals surface area (Å²) < 4.78 is 26.1. The second kappa shape index (κ2) is 6.14. The first-order chi connectivity index (χ1) is 9.39. The highest BCUT2D eigenvalue weighted by atomic mass is 35.5. The van der Waals surface area contributed by atoms with Gasteiger partial charge in [-0.25, -0.2) is 8.42 Å². The molecule has 0 saturated carbocycles. The van der Waals surface area contributed by atoms with Gasteiger partial charge in [0.2, 0.25) is 10.0 Å². The zero-order valence-electron chi connectivity index (χ0n) is 10.8. The SMILES string of the molecule is CN(Cc1ccc(Cl)cc1)S(=O)(=O)c1cccc(Cl)c1. The molecule has 0 aliphatic rings. The fourth-order valence-corrected chi connectivity index (χ4v) is 3.33. The number of hydrogen-bond donors (Lipinski definition) is 0. The lowest BCUT2D eigenvalue weighted by atomic mass is 10.2. The van der Waals surface area contributed by atoms with Crippen molar-refractivity contribution in [2.45, 2.75) is 11.4 Å². The van der Waals surface area contributed by atoms with Gasteiger partial charge in [-0.2, -0.15) is 4.31 Å². The minimum absolute atomic E-state index is 0.182. The minimum Gasteiger partial charge on any atom is -0.207 e. The first kappa shape index (κ1) is 15.3. The van der Waals surface area contributed by atoms with E-state index in [1.165, 1.54) is 23.5 Å². The molecule has 0 fully saturated rings. The van der Waals surface area contributed by atoms with E-state index in [9.17, 15) is 8.42 Å². The first-order valence-electron chi connectivity index (χ1n) is 5.86. The predicted molar refractivity (Wildman–Crippen MR) is 81.6 cm³/mol. The maximum Gasteiger partial charge on any atom is 0.243 e. The maximum atomic E-state index is 12.4. The topological polar surface area (TPSA) is 37.4 Å². The van der Waals surface area contributed by atoms with E-state index in [0.717, 1.165) is 5.56 Å². The first-order valence-corrected chi connectivity index (χ1v) is 8.05. The van der Waals surface area contributed by atoms with Gasteiger partial charge < -0.3 is 0 Å². The lowest BCUT2D eigenvalue weighted by molar-refractivity contribution is 0.467. The van der Waals surface area contributed by atoms with E-state index in [1.807, 2.05) is 0 Å². The molecule has 20 heavy (non-hydrogen) atoms. The average molecular weight is 330 g/mol. The van der Waals surface area contributed by atoms with Gasteiger partial charge in [0, 0.05) is 23.6 Å². The molecular formula is C14H13Cl2NO2S. The lowest BCUT2D eigenvalue weighted by Crippen LogP contribution is -2.26. The molecule has 0 spiro atoms. The number of halogens is 2. The van der Waals surface area contributed by atoms with Crippen LogP contribution in [-0.4, -0.2) is 19.8 Å². The summed E-state index contributed by atoms with van der Waals surface area (Å²) in [4.78, 5) is 0.182. The Morgan fingerprint density at radius 1 is 1.00 bits per heavy atom. The third-order valence-corrected chi connectivity index (χ3v) is 5.11. The Morgan fingerprint density at radius 3 is 2.25 bits per heavy atom. The Hall–Kier alpha value is -1.07. The highest BCUT2D eigenvalue weighted by molar-refractivity contribution is 7.89. The molecular weight excluding hydrogens is 317 g/mol. The van der Waals surface area contributed by atoms with Crippen molar-refractivity contribution >= 4 is 33.2 Å². The maximum absolute atomic E-state index is 12.4. The molecule has 0 unspecified atom stereocenters. The van der Waals surface area contributed by atoms with Crippen molar-refractivity contribution in [1.29, 1.82) is 0 Å². The van der Waals surface area contributed by atoms with Crippen molar-refractivity contribution in [3.8, 4) is 0 Å². The third-order valence-electron chi connectivity index (χ3n) is 2.82. The molecule has 106 valence electrons. The Bertz CT molecular complexity index is 699. The molecule has 0 atom stereocenters. The molecule has 2 aromatic rings. The van der Waals surface area contributed by atoms with Gasteiger partial charge >= 0.3 is 0 Å². The van der Waals surface area contributed by atoms with Gasteiger partial charge in [-0.3, -0.25) is 0 Å². The van der Waals surface area contributed by atoms with Gasteiger partial charge in [-0.1, -0.05) is 41.4 Å². The van der Waals surface area contributed by atoms with E-state index in [1.54, 1.807) is 36.4 Å². The molecule has 0 radical (unpaired) electrons. The van der Waals surface area contributed by atoms with E-state index in [4.69, 9.17) is 23.2 Å². The summed E-state index contributed by atoms with van der Waals surface area (Å²) in [5.41, 5.74) is 0.863. The standard InChI is InChI=1S/C14H13Cl2NO2S/c1-17(10-11-5-7-12(15)8-6-11)20(18,19)14-4-2-3-13(16)9-14/h2-9H,10H2,1H3. The molecule has 0 saturated heterocycles. The fraction of sp³-hybridized carbons (Fsp3) is 0.143. The van der Waals surface area contributed by atoms with Crippen LogP contribution in [-0.2, 0) is 16.6 Å². The highest BCUT2D eigenvalue weighted by Gasteiger charge is 2.20. The van der Waals surface area contributed by atoms with Crippen LogP contribution in [0.1, 0.15) is 5.56 Å². The third kappa shape index (κ3) is 3.52. The van der Waals surface area contributed by atoms with Gasteiger partial charge in [-0.15, -0.1) is 0 Å². The van der Waals surface area contributed by atoms with Crippen molar-refractivity contribution in [1.82, 2.24) is 4.31 Å². The van der Waals surface area contributed by atoms with Crippen molar-refractivity contribution in [3.63, 3.8) is 0 Å². The summed E-state index contributed by atoms with van der Waals surface area (Å²) in [5.74, 6) is 0. The zero-order valence-corrected chi connectivity index (χ0v) is 13.1. The van der Waals surface area contributed by atoms with Gasteiger partial charge in [0.25, 0.3) is 0 Å². The molecule has 2 rings (SSSR count). The number of rotatable bonds is 4. The highest BCUT2D eigenvalue weighted by Crippen LogP contribution is 2.20. The van der Waals surface area contributed by atoms with Crippen LogP contribution in [0.3, 0.4) is 0 Å². The van der Waals surface area contributed by atoms with Crippen LogP contribution in [0.15, 0.2) is 53.4 Å². The van der Waals surface area contributed by atoms with Crippen molar-refractivity contribution in [2.75, 3.05) is 7.05 Å². The van der Waals surface area contributed by atoms with Gasteiger partial charge in [-0.05, 0) is 35.9 Å². The fourth-order valence-electron chi connectivity index (χ4n) is 1.74. The zero-order chi connectivity index (χ0) is 14.8. The van der Waals surface area contributed by atoms with Crippen LogP contribution in [0, 0.1) is 0 Å². The molecule has 3 nitrogen and oxygen atoms in total. The van der Waals surface area contributed by atoms with Crippen molar-refractivity contribution in [2.24, 2.45) is 0 Å². The molecule has 0 aliphatic heterocycles. The van der Waals surface area contributed by atoms with E-state index in [0.29, 0.717) is 10.0 Å². The molecule has 0 bridgehead atoms. The molecule has 2 aromatic carbocycles. The van der Waals surface area contributed by atoms with Crippen molar-refractivity contribution in [3.05, 3.63) is 64.1 Å². The molecule has 0 heterocycles. The molecule has 0 N–H and O–H groups in total. The molecule has 0 aliphatic carbocycles. The summed E-state index contributed by atoms with van der Waals surface area (Å²) in [6.45, 7) is 0.270. The van der Waals surface area contributed by atoms with E-state index in [-0.39, 0.29) is 11.4 Å². The summed E-state index contributed by atoms with van der Waals surface area (Å²) in [6.07, 6.45) is 0. The quantitative estimate of drug-likeness (QED) is 0.855. The molecule has 0 aromatic heterocycles. The lowest BCUT2D eigenvalue weighted by Gasteiger charge is -2.17. The van der Waals surface area contributed by atoms with Crippen molar-refractivity contribution < 1.29 is 8.42 Å². The van der Waals surface area contributed by atoms with Gasteiger partial charge in [0.15, 0.2) is 0 Å². The van der Waals surface area contributed by atoms with E-state index < -0.39 is 10.0 Å². The van der Waals surface area contributed by atoms with Crippen LogP contribution in [0.25, 0.3) is 0 Å². The summed E-state index contributed by atoms with van der Waals surface area (Å²) >= 11 is 11.6. The Labute approximate surface area is 128 Å². The number of nitrogens with zero attached hydrogens (tertiary/aromatic N) is 1. The van der Waals surface area contributed by atoms with Crippen LogP contribution >= 0.6 is 23.2 Å². The van der Waals surface area contributed by atoms with E-state index in [2.05, 4.69) is 0 Å². The number of hydrogen-bond acceptors (Lipinski definition) is 2. The summed E-state index contributed by atoms with van der Waals surface area (Å²) in [6, 6.07) is 13.3. The second-order valence-electron chi connectivity index (χ2n) is 4.34. The van der Waals surface area contributed by atoms with Gasteiger partial charge in [0.1, 0.15) is 0 Å². The monoisotopic (exact) mass is 329 g/mol. The Morgan fingerprint density at radius 2 is 1.65 bits per heavy atom. The average Bonchev–Trinajstić information content (AvgIpc) is 2.41. The molecule has 0 amide bonds. The number of sulfonamides is 1. The summed E-state index contributed by atoms with van der Waals surface area (Å²) in [5, 5.41) is 1.01. The van der Waals surface area contributed by atoms with Crippen LogP contribution in [0.4, 0.5) is 0 Å². The Kier molecular flexibility index (Phi) is 4.70. The van der Waals surface area contributed by atoms with Gasteiger partial charge in [0.05, 0.1) is 4.90 Å². The largest absolute Gasteiger partial charge is 0.243 e. The van der Waals surface area contributed by atoms with Crippen LogP contribution in [0.5, 0.6) is 0 Å². The van der Waals surface area contributed by atoms with E-state index >= 15 is 0 Å². The van der Waals surface area contributed by atoms with Crippen LogP contribution in [0.2, 0.25) is 10.0 Å². The second-order valence-corrected chi connectivity index (χ2v) is 7.26. The smallest absolute Gasteiger partial charge is 0.207 e.